The van der Waals surface area contributed by atoms with E-state index in [-0.39, 0.29) is 19.4 Å². The van der Waals surface area contributed by atoms with Crippen molar-refractivity contribution in [1.82, 2.24) is 0 Å². The van der Waals surface area contributed by atoms with Gasteiger partial charge in [-0.1, -0.05) is 12.1 Å². The number of hydrogen-bond donors (Lipinski definition) is 2. The summed E-state index contributed by atoms with van der Waals surface area (Å²) in [5.41, 5.74) is 0.607. The minimum Gasteiger partial charge on any atom is -0.481 e. The van der Waals surface area contributed by atoms with Crippen molar-refractivity contribution in [1.29, 1.82) is 0 Å². The number of aliphatic hydroxyl groups excluding tert-OH is 1. The predicted octanol–water partition coefficient (Wildman–Crippen LogP) is 1.86. The largest absolute Gasteiger partial charge is 0.481 e. The lowest BCUT2D eigenvalue weighted by Gasteiger charge is -2.16. The summed E-state index contributed by atoms with van der Waals surface area (Å²) in [6.45, 7) is 2.39. The number of hydrogen-bond acceptors (Lipinski definition) is 3. The van der Waals surface area contributed by atoms with E-state index in [4.69, 9.17) is 9.84 Å². The van der Waals surface area contributed by atoms with Crippen LogP contribution in [-0.2, 0) is 16.0 Å². The lowest BCUT2D eigenvalue weighted by molar-refractivity contribution is -0.143. The summed E-state index contributed by atoms with van der Waals surface area (Å²) in [5.74, 6) is -2.14. The van der Waals surface area contributed by atoms with E-state index >= 15 is 0 Å². The van der Waals surface area contributed by atoms with Crippen LogP contribution in [0.3, 0.4) is 0 Å². The van der Waals surface area contributed by atoms with Gasteiger partial charge in [-0.25, -0.2) is 4.39 Å². The molecule has 1 aromatic carbocycles. The average molecular weight is 270 g/mol. The second-order valence-corrected chi connectivity index (χ2v) is 4.42. The van der Waals surface area contributed by atoms with Gasteiger partial charge in [0.25, 0.3) is 0 Å². The highest BCUT2D eigenvalue weighted by Gasteiger charge is 2.22. The van der Waals surface area contributed by atoms with Crippen LogP contribution in [-0.4, -0.2) is 35.5 Å². The van der Waals surface area contributed by atoms with Crippen molar-refractivity contribution in [3.05, 3.63) is 35.6 Å². The summed E-state index contributed by atoms with van der Waals surface area (Å²) in [5, 5.41) is 18.8. The van der Waals surface area contributed by atoms with Crippen LogP contribution in [0.5, 0.6) is 0 Å². The Morgan fingerprint density at radius 2 is 2.21 bits per heavy atom. The second-order valence-electron chi connectivity index (χ2n) is 4.42. The molecule has 0 heterocycles. The molecule has 1 aromatic rings. The lowest BCUT2D eigenvalue weighted by Crippen LogP contribution is -2.26. The zero-order valence-electron chi connectivity index (χ0n) is 10.9. The molecule has 0 spiro atoms. The van der Waals surface area contributed by atoms with Crippen LogP contribution in [0.2, 0.25) is 0 Å². The van der Waals surface area contributed by atoms with Gasteiger partial charge >= 0.3 is 5.97 Å². The van der Waals surface area contributed by atoms with E-state index < -0.39 is 23.8 Å². The zero-order valence-corrected chi connectivity index (χ0v) is 10.9. The Morgan fingerprint density at radius 3 is 2.79 bits per heavy atom. The van der Waals surface area contributed by atoms with Crippen LogP contribution in [0.4, 0.5) is 4.39 Å². The van der Waals surface area contributed by atoms with Gasteiger partial charge in [0.1, 0.15) is 5.82 Å². The molecule has 0 bridgehead atoms. The third-order valence-corrected chi connectivity index (χ3v) is 2.79. The van der Waals surface area contributed by atoms with E-state index in [1.165, 1.54) is 12.1 Å². The number of benzene rings is 1. The quantitative estimate of drug-likeness (QED) is 0.756. The van der Waals surface area contributed by atoms with E-state index in [0.29, 0.717) is 12.2 Å². The van der Waals surface area contributed by atoms with Gasteiger partial charge in [-0.15, -0.1) is 0 Å². The molecule has 2 atom stereocenters. The summed E-state index contributed by atoms with van der Waals surface area (Å²) >= 11 is 0. The van der Waals surface area contributed by atoms with Crippen molar-refractivity contribution in [3.8, 4) is 0 Å². The van der Waals surface area contributed by atoms with Crippen molar-refractivity contribution in [2.75, 3.05) is 13.2 Å². The van der Waals surface area contributed by atoms with E-state index in [9.17, 15) is 14.3 Å². The van der Waals surface area contributed by atoms with Gasteiger partial charge in [0.05, 0.1) is 18.6 Å². The Hall–Kier alpha value is -1.46. The monoisotopic (exact) mass is 270 g/mol. The number of halogens is 1. The van der Waals surface area contributed by atoms with Crippen LogP contribution in [0.15, 0.2) is 24.3 Å². The molecule has 1 rings (SSSR count). The van der Waals surface area contributed by atoms with Crippen LogP contribution >= 0.6 is 0 Å². The van der Waals surface area contributed by atoms with Gasteiger partial charge < -0.3 is 14.9 Å². The molecule has 2 unspecified atom stereocenters. The number of aliphatic hydroxyl groups is 1. The third kappa shape index (κ3) is 5.81. The fraction of sp³-hybridized carbons (Fsp3) is 0.500. The first-order chi connectivity index (χ1) is 9.02. The zero-order chi connectivity index (χ0) is 14.3. The molecule has 0 fully saturated rings. The van der Waals surface area contributed by atoms with Crippen LogP contribution in [0.25, 0.3) is 0 Å². The second kappa shape index (κ2) is 7.86. The van der Waals surface area contributed by atoms with Gasteiger partial charge in [-0.3, -0.25) is 4.79 Å². The Kier molecular flexibility index (Phi) is 6.45. The minimum atomic E-state index is -1.00. The minimum absolute atomic E-state index is 0.0891. The fourth-order valence-electron chi connectivity index (χ4n) is 1.87. The highest BCUT2D eigenvalue weighted by molar-refractivity contribution is 5.70. The van der Waals surface area contributed by atoms with Gasteiger partial charge in [0.15, 0.2) is 0 Å². The van der Waals surface area contributed by atoms with Crippen molar-refractivity contribution in [2.24, 2.45) is 5.92 Å². The van der Waals surface area contributed by atoms with Crippen molar-refractivity contribution < 1.29 is 24.1 Å². The van der Waals surface area contributed by atoms with E-state index in [1.54, 1.807) is 19.1 Å². The smallest absolute Gasteiger partial charge is 0.306 e. The molecule has 0 aliphatic carbocycles. The maximum absolute atomic E-state index is 13.0. The molecular formula is C14H19FO4. The van der Waals surface area contributed by atoms with Crippen molar-refractivity contribution in [3.63, 3.8) is 0 Å². The first kappa shape index (κ1) is 15.6. The predicted molar refractivity (Wildman–Crippen MR) is 68.3 cm³/mol. The molecule has 0 amide bonds. The Bertz CT molecular complexity index is 408. The van der Waals surface area contributed by atoms with Crippen LogP contribution in [0.1, 0.15) is 18.9 Å². The fourth-order valence-corrected chi connectivity index (χ4v) is 1.87. The number of aliphatic carboxylic acids is 1. The number of carboxylic acid groups (broad SMARTS) is 1. The molecule has 5 heteroatoms. The first-order valence-electron chi connectivity index (χ1n) is 6.26. The highest BCUT2D eigenvalue weighted by Crippen LogP contribution is 2.16. The summed E-state index contributed by atoms with van der Waals surface area (Å²) in [4.78, 5) is 11.2. The standard InChI is InChI=1S/C14H19FO4/c1-2-19-9-13(16)8-11(14(17)18)6-10-4-3-5-12(15)7-10/h3-5,7,11,13,16H,2,6,8-9H2,1H3,(H,17,18). The molecular weight excluding hydrogens is 251 g/mol. The summed E-state index contributed by atoms with van der Waals surface area (Å²) in [6.07, 6.45) is -0.545. The van der Waals surface area contributed by atoms with Crippen LogP contribution in [0, 0.1) is 11.7 Å². The molecule has 0 radical (unpaired) electrons. The third-order valence-electron chi connectivity index (χ3n) is 2.79. The van der Waals surface area contributed by atoms with Gasteiger partial charge in [0, 0.05) is 6.61 Å². The number of carbonyl (C=O) groups is 1. The van der Waals surface area contributed by atoms with Crippen LogP contribution < -0.4 is 0 Å². The van der Waals surface area contributed by atoms with Crippen molar-refractivity contribution in [2.45, 2.75) is 25.9 Å². The molecule has 0 aliphatic rings. The van der Waals surface area contributed by atoms with Gasteiger partial charge in [-0.05, 0) is 37.5 Å². The SMILES string of the molecule is CCOCC(O)CC(Cc1cccc(F)c1)C(=O)O. The Balaban J connectivity index is 2.60. The van der Waals surface area contributed by atoms with Gasteiger partial charge in [-0.2, -0.15) is 0 Å². The van der Waals surface area contributed by atoms with E-state index in [2.05, 4.69) is 0 Å². The molecule has 0 aromatic heterocycles. The molecule has 19 heavy (non-hydrogen) atoms. The molecule has 0 saturated carbocycles. The van der Waals surface area contributed by atoms with E-state index in [0.717, 1.165) is 0 Å². The van der Waals surface area contributed by atoms with Crippen molar-refractivity contribution >= 4 is 5.97 Å². The molecule has 0 aliphatic heterocycles. The number of carboxylic acids is 1. The Labute approximate surface area is 111 Å². The molecule has 2 N–H and O–H groups in total. The topological polar surface area (TPSA) is 66.8 Å². The summed E-state index contributed by atoms with van der Waals surface area (Å²) < 4.78 is 18.1. The van der Waals surface area contributed by atoms with Gasteiger partial charge in [0.2, 0.25) is 0 Å². The summed E-state index contributed by atoms with van der Waals surface area (Å²) in [7, 11) is 0. The number of rotatable bonds is 8. The normalized spacial score (nSPS) is 14.1. The summed E-state index contributed by atoms with van der Waals surface area (Å²) in [6, 6.07) is 5.84. The lowest BCUT2D eigenvalue weighted by atomic mass is 9.94. The molecule has 4 nitrogen and oxygen atoms in total. The first-order valence-corrected chi connectivity index (χ1v) is 6.26. The average Bonchev–Trinajstić information content (AvgIpc) is 2.35. The number of ether oxygens (including phenoxy) is 1. The molecule has 106 valence electrons. The molecule has 0 saturated heterocycles. The maximum atomic E-state index is 13.0. The Morgan fingerprint density at radius 1 is 1.47 bits per heavy atom. The van der Waals surface area contributed by atoms with E-state index in [1.807, 2.05) is 0 Å². The maximum Gasteiger partial charge on any atom is 0.306 e. The highest BCUT2D eigenvalue weighted by atomic mass is 19.1.